The van der Waals surface area contributed by atoms with Crippen LogP contribution in [0.15, 0.2) is 84.9 Å². The third-order valence-corrected chi connectivity index (χ3v) is 4.90. The molecule has 1 atom stereocenters. The molecule has 0 fully saturated rings. The average molecular weight is 384 g/mol. The van der Waals surface area contributed by atoms with Crippen molar-refractivity contribution >= 4 is 16.8 Å². The van der Waals surface area contributed by atoms with E-state index in [4.69, 9.17) is 4.74 Å². The zero-order chi connectivity index (χ0) is 20.1. The van der Waals surface area contributed by atoms with E-state index in [0.717, 1.165) is 35.2 Å². The maximum atomic E-state index is 12.6. The van der Waals surface area contributed by atoms with Gasteiger partial charge >= 0.3 is 0 Å². The fraction of sp³-hybridized carbons (Fsp3) is 0.160. The molecule has 0 saturated carbocycles. The number of carbonyl (C=O) groups excluding carboxylic acids is 1. The zero-order valence-corrected chi connectivity index (χ0v) is 16.4. The molecule has 4 aromatic rings. The van der Waals surface area contributed by atoms with Gasteiger partial charge in [-0.25, -0.2) is 0 Å². The molecule has 0 aliphatic heterocycles. The van der Waals surface area contributed by atoms with Gasteiger partial charge in [-0.05, 0) is 61.7 Å². The minimum Gasteiger partial charge on any atom is -0.457 e. The van der Waals surface area contributed by atoms with Crippen molar-refractivity contribution in [3.05, 3.63) is 96.2 Å². The maximum absolute atomic E-state index is 12.6. The number of amides is 1. The summed E-state index contributed by atoms with van der Waals surface area (Å²) in [5.74, 6) is 1.44. The highest BCUT2D eigenvalue weighted by atomic mass is 16.5. The fourth-order valence-corrected chi connectivity index (χ4v) is 3.32. The molecule has 0 saturated heterocycles. The molecule has 146 valence electrons. The predicted molar refractivity (Wildman–Crippen MR) is 117 cm³/mol. The number of aromatic amines is 1. The van der Waals surface area contributed by atoms with Crippen LogP contribution in [0.1, 0.15) is 29.4 Å². The van der Waals surface area contributed by atoms with Crippen molar-refractivity contribution in [2.45, 2.75) is 25.8 Å². The van der Waals surface area contributed by atoms with Crippen molar-refractivity contribution in [2.24, 2.45) is 0 Å². The van der Waals surface area contributed by atoms with E-state index < -0.39 is 0 Å². The van der Waals surface area contributed by atoms with Crippen molar-refractivity contribution in [1.29, 1.82) is 0 Å². The Bertz CT molecular complexity index is 1090. The lowest BCUT2D eigenvalue weighted by molar-refractivity contribution is 0.0934. The largest absolute Gasteiger partial charge is 0.457 e. The quantitative estimate of drug-likeness (QED) is 0.429. The van der Waals surface area contributed by atoms with Crippen molar-refractivity contribution in [1.82, 2.24) is 10.3 Å². The number of rotatable bonds is 7. The van der Waals surface area contributed by atoms with E-state index in [0.29, 0.717) is 5.69 Å². The van der Waals surface area contributed by atoms with E-state index in [-0.39, 0.29) is 11.9 Å². The predicted octanol–water partition coefficient (Wildman–Crippen LogP) is 5.71. The molecule has 0 aliphatic rings. The molecule has 1 heterocycles. The number of hydrogen-bond acceptors (Lipinski definition) is 2. The highest BCUT2D eigenvalue weighted by molar-refractivity contribution is 5.98. The van der Waals surface area contributed by atoms with Crippen molar-refractivity contribution < 1.29 is 9.53 Å². The Labute approximate surface area is 170 Å². The molecular formula is C25H24N2O2. The molecule has 2 N–H and O–H groups in total. The molecule has 0 radical (unpaired) electrons. The van der Waals surface area contributed by atoms with Crippen LogP contribution in [-0.2, 0) is 6.42 Å². The Morgan fingerprint density at radius 3 is 2.41 bits per heavy atom. The van der Waals surface area contributed by atoms with Gasteiger partial charge in [0.25, 0.3) is 5.91 Å². The molecule has 0 bridgehead atoms. The zero-order valence-electron chi connectivity index (χ0n) is 16.4. The van der Waals surface area contributed by atoms with E-state index in [1.807, 2.05) is 79.7 Å². The first-order valence-electron chi connectivity index (χ1n) is 9.88. The average Bonchev–Trinajstić information content (AvgIpc) is 3.17. The smallest absolute Gasteiger partial charge is 0.267 e. The maximum Gasteiger partial charge on any atom is 0.267 e. The Balaban J connectivity index is 1.39. The number of aryl methyl sites for hydroxylation is 1. The molecule has 1 amide bonds. The minimum absolute atomic E-state index is 0.0890. The molecule has 0 spiro atoms. The summed E-state index contributed by atoms with van der Waals surface area (Å²) in [6.07, 6.45) is 1.83. The summed E-state index contributed by atoms with van der Waals surface area (Å²) >= 11 is 0. The highest BCUT2D eigenvalue weighted by Crippen LogP contribution is 2.26. The lowest BCUT2D eigenvalue weighted by Gasteiger charge is -2.13. The van der Waals surface area contributed by atoms with Crippen molar-refractivity contribution in [3.63, 3.8) is 0 Å². The van der Waals surface area contributed by atoms with Gasteiger partial charge in [0.2, 0.25) is 0 Å². The van der Waals surface area contributed by atoms with Gasteiger partial charge in [-0.15, -0.1) is 0 Å². The van der Waals surface area contributed by atoms with Crippen LogP contribution in [0.3, 0.4) is 0 Å². The van der Waals surface area contributed by atoms with Gasteiger partial charge in [-0.1, -0.05) is 48.5 Å². The molecule has 0 unspecified atom stereocenters. The van der Waals surface area contributed by atoms with Gasteiger partial charge in [0, 0.05) is 16.9 Å². The molecule has 3 aromatic carbocycles. The Hall–Kier alpha value is -3.53. The van der Waals surface area contributed by atoms with Crippen LogP contribution in [0.5, 0.6) is 11.5 Å². The number of nitrogens with one attached hydrogen (secondary N) is 2. The van der Waals surface area contributed by atoms with Gasteiger partial charge in [-0.3, -0.25) is 4.79 Å². The summed E-state index contributed by atoms with van der Waals surface area (Å²) < 4.78 is 5.88. The number of para-hydroxylation sites is 1. The number of aromatic nitrogens is 1. The molecule has 4 rings (SSSR count). The standard InChI is InChI=1S/C25H24N2O2/c1-18(12-13-19-8-4-2-5-9-19)26-25(28)24-17-20-16-22(14-15-23(20)27-24)29-21-10-6-3-7-11-21/h2-11,14-18,27H,12-13H2,1H3,(H,26,28)/t18-/m0/s1. The normalized spacial score (nSPS) is 11.9. The minimum atomic E-state index is -0.0905. The SMILES string of the molecule is C[C@@H](CCc1ccccc1)NC(=O)c1cc2cc(Oc3ccccc3)ccc2[nH]1. The van der Waals surface area contributed by atoms with Crippen molar-refractivity contribution in [2.75, 3.05) is 0 Å². The summed E-state index contributed by atoms with van der Waals surface area (Å²) in [5.41, 5.74) is 2.75. The Morgan fingerprint density at radius 1 is 0.931 bits per heavy atom. The van der Waals surface area contributed by atoms with Crippen LogP contribution < -0.4 is 10.1 Å². The second kappa shape index (κ2) is 8.65. The molecule has 4 heteroatoms. The number of fused-ring (bicyclic) bond motifs is 1. The van der Waals surface area contributed by atoms with E-state index in [9.17, 15) is 4.79 Å². The third-order valence-electron chi connectivity index (χ3n) is 4.90. The molecule has 4 nitrogen and oxygen atoms in total. The van der Waals surface area contributed by atoms with Gasteiger partial charge in [0.05, 0.1) is 0 Å². The number of carbonyl (C=O) groups is 1. The van der Waals surface area contributed by atoms with Crippen LogP contribution in [0.4, 0.5) is 0 Å². The molecule has 1 aromatic heterocycles. The molecular weight excluding hydrogens is 360 g/mol. The number of benzene rings is 3. The second-order valence-electron chi connectivity index (χ2n) is 7.25. The summed E-state index contributed by atoms with van der Waals surface area (Å²) in [5, 5.41) is 4.03. The topological polar surface area (TPSA) is 54.1 Å². The van der Waals surface area contributed by atoms with Gasteiger partial charge in [0.1, 0.15) is 17.2 Å². The summed E-state index contributed by atoms with van der Waals surface area (Å²) in [7, 11) is 0. The number of H-pyrrole nitrogens is 1. The summed E-state index contributed by atoms with van der Waals surface area (Å²) in [6, 6.07) is 27.7. The van der Waals surface area contributed by atoms with Gasteiger partial charge < -0.3 is 15.0 Å². The lowest BCUT2D eigenvalue weighted by atomic mass is 10.1. The van der Waals surface area contributed by atoms with Gasteiger partial charge in [-0.2, -0.15) is 0 Å². The van der Waals surface area contributed by atoms with Crippen LogP contribution in [-0.4, -0.2) is 16.9 Å². The highest BCUT2D eigenvalue weighted by Gasteiger charge is 2.13. The first-order chi connectivity index (χ1) is 14.2. The third kappa shape index (κ3) is 4.85. The van der Waals surface area contributed by atoms with E-state index in [2.05, 4.69) is 22.4 Å². The second-order valence-corrected chi connectivity index (χ2v) is 7.25. The van der Waals surface area contributed by atoms with Crippen LogP contribution >= 0.6 is 0 Å². The van der Waals surface area contributed by atoms with Crippen LogP contribution in [0, 0.1) is 0 Å². The first-order valence-corrected chi connectivity index (χ1v) is 9.88. The summed E-state index contributed by atoms with van der Waals surface area (Å²) in [4.78, 5) is 15.8. The van der Waals surface area contributed by atoms with E-state index in [1.54, 1.807) is 0 Å². The number of hydrogen-bond donors (Lipinski definition) is 2. The summed E-state index contributed by atoms with van der Waals surface area (Å²) in [6.45, 7) is 2.04. The van der Waals surface area contributed by atoms with E-state index in [1.165, 1.54) is 5.56 Å². The Morgan fingerprint density at radius 2 is 1.66 bits per heavy atom. The van der Waals surface area contributed by atoms with Crippen LogP contribution in [0.2, 0.25) is 0 Å². The van der Waals surface area contributed by atoms with E-state index >= 15 is 0 Å². The van der Waals surface area contributed by atoms with Gasteiger partial charge in [0.15, 0.2) is 0 Å². The molecule has 0 aliphatic carbocycles. The Kier molecular flexibility index (Phi) is 5.61. The van der Waals surface area contributed by atoms with Crippen molar-refractivity contribution in [3.8, 4) is 11.5 Å². The van der Waals surface area contributed by atoms with Crippen LogP contribution in [0.25, 0.3) is 10.9 Å². The fourth-order valence-electron chi connectivity index (χ4n) is 3.32. The monoisotopic (exact) mass is 384 g/mol. The first kappa shape index (κ1) is 18.8. The number of ether oxygens (including phenoxy) is 1. The molecule has 29 heavy (non-hydrogen) atoms. The lowest BCUT2D eigenvalue weighted by Crippen LogP contribution is -2.33.